The van der Waals surface area contributed by atoms with E-state index in [2.05, 4.69) is 10.6 Å². The van der Waals surface area contributed by atoms with Gasteiger partial charge in [0.1, 0.15) is 6.61 Å². The van der Waals surface area contributed by atoms with Crippen molar-refractivity contribution in [3.63, 3.8) is 0 Å². The summed E-state index contributed by atoms with van der Waals surface area (Å²) in [4.78, 5) is 11.5. The minimum atomic E-state index is -0.0740. The molecule has 1 amide bonds. The van der Waals surface area contributed by atoms with Gasteiger partial charge in [0.05, 0.1) is 12.7 Å². The normalized spacial score (nSPS) is 22.8. The number of rotatable bonds is 6. The second kappa shape index (κ2) is 7.60. The lowest BCUT2D eigenvalue weighted by Crippen LogP contribution is -2.41. The molecule has 1 unspecified atom stereocenters. The van der Waals surface area contributed by atoms with Gasteiger partial charge in [-0.05, 0) is 26.3 Å². The Morgan fingerprint density at radius 1 is 1.62 bits per heavy atom. The van der Waals surface area contributed by atoms with Crippen molar-refractivity contribution in [1.82, 2.24) is 10.6 Å². The third-order valence-electron chi connectivity index (χ3n) is 2.53. The minimum absolute atomic E-state index is 0.0329. The maximum Gasteiger partial charge on any atom is 0.246 e. The van der Waals surface area contributed by atoms with E-state index in [4.69, 9.17) is 9.47 Å². The molecule has 1 rings (SSSR count). The number of piperidine rings is 1. The monoisotopic (exact) mass is 230 g/mol. The van der Waals surface area contributed by atoms with E-state index >= 15 is 0 Å². The first-order chi connectivity index (χ1) is 7.72. The molecule has 0 radical (unpaired) electrons. The molecule has 0 aromatic carbocycles. The van der Waals surface area contributed by atoms with Gasteiger partial charge in [0.2, 0.25) is 5.91 Å². The summed E-state index contributed by atoms with van der Waals surface area (Å²) in [6, 6.07) is 0.0329. The summed E-state index contributed by atoms with van der Waals surface area (Å²) >= 11 is 0. The number of carbonyl (C=O) groups excluding carboxylic acids is 1. The smallest absolute Gasteiger partial charge is 0.246 e. The van der Waals surface area contributed by atoms with Crippen LogP contribution in [0.2, 0.25) is 0 Å². The Labute approximate surface area is 96.9 Å². The van der Waals surface area contributed by atoms with E-state index in [1.54, 1.807) is 7.11 Å². The van der Waals surface area contributed by atoms with Gasteiger partial charge in [0.25, 0.3) is 0 Å². The molecule has 1 heterocycles. The van der Waals surface area contributed by atoms with Gasteiger partial charge in [-0.1, -0.05) is 0 Å². The standard InChI is InChI=1S/C11H22N2O3/c1-9(7-15-2)13-11(14)8-16-10-4-3-5-12-6-10/h9-10,12H,3-8H2,1-2H3,(H,13,14)/t9?,10-/m0/s1. The van der Waals surface area contributed by atoms with E-state index < -0.39 is 0 Å². The van der Waals surface area contributed by atoms with Crippen molar-refractivity contribution in [1.29, 1.82) is 0 Å². The van der Waals surface area contributed by atoms with E-state index in [0.29, 0.717) is 6.61 Å². The molecule has 5 heteroatoms. The van der Waals surface area contributed by atoms with Gasteiger partial charge < -0.3 is 20.1 Å². The highest BCUT2D eigenvalue weighted by atomic mass is 16.5. The molecule has 1 aliphatic rings. The van der Waals surface area contributed by atoms with Crippen LogP contribution in [0.4, 0.5) is 0 Å². The zero-order chi connectivity index (χ0) is 11.8. The van der Waals surface area contributed by atoms with E-state index in [1.165, 1.54) is 0 Å². The Balaban J connectivity index is 2.09. The van der Waals surface area contributed by atoms with Crippen LogP contribution in [0.15, 0.2) is 0 Å². The first-order valence-corrected chi connectivity index (χ1v) is 5.83. The van der Waals surface area contributed by atoms with Crippen LogP contribution in [0.1, 0.15) is 19.8 Å². The van der Waals surface area contributed by atoms with Crippen molar-refractivity contribution in [2.24, 2.45) is 0 Å². The number of nitrogens with one attached hydrogen (secondary N) is 2. The molecule has 2 atom stereocenters. The van der Waals surface area contributed by atoms with Crippen LogP contribution >= 0.6 is 0 Å². The van der Waals surface area contributed by atoms with Crippen LogP contribution in [-0.4, -0.2) is 51.5 Å². The molecule has 94 valence electrons. The Morgan fingerprint density at radius 3 is 3.06 bits per heavy atom. The average Bonchev–Trinajstić information content (AvgIpc) is 2.28. The predicted octanol–water partition coefficient (Wildman–Crippen LogP) is -0.0939. The lowest BCUT2D eigenvalue weighted by atomic mass is 10.1. The van der Waals surface area contributed by atoms with Crippen LogP contribution in [0.3, 0.4) is 0 Å². The Bertz CT molecular complexity index is 205. The van der Waals surface area contributed by atoms with Crippen LogP contribution < -0.4 is 10.6 Å². The number of amides is 1. The van der Waals surface area contributed by atoms with E-state index in [-0.39, 0.29) is 24.7 Å². The van der Waals surface area contributed by atoms with Crippen molar-refractivity contribution >= 4 is 5.91 Å². The second-order valence-corrected chi connectivity index (χ2v) is 4.20. The number of ether oxygens (including phenoxy) is 2. The summed E-state index contributed by atoms with van der Waals surface area (Å²) in [5, 5.41) is 6.05. The zero-order valence-electron chi connectivity index (χ0n) is 10.1. The lowest BCUT2D eigenvalue weighted by molar-refractivity contribution is -0.129. The fourth-order valence-corrected chi connectivity index (χ4v) is 1.76. The van der Waals surface area contributed by atoms with Crippen molar-refractivity contribution in [3.05, 3.63) is 0 Å². The van der Waals surface area contributed by atoms with E-state index in [1.807, 2.05) is 6.92 Å². The predicted molar refractivity (Wildman–Crippen MR) is 61.3 cm³/mol. The Hall–Kier alpha value is -0.650. The molecule has 2 N–H and O–H groups in total. The fourth-order valence-electron chi connectivity index (χ4n) is 1.76. The molecule has 0 bridgehead atoms. The number of hydrogen-bond donors (Lipinski definition) is 2. The van der Waals surface area contributed by atoms with Crippen LogP contribution in [-0.2, 0) is 14.3 Å². The third-order valence-corrected chi connectivity index (χ3v) is 2.53. The SMILES string of the molecule is COCC(C)NC(=O)CO[C@H]1CCCNC1. The molecule has 0 saturated carbocycles. The first kappa shape index (κ1) is 13.4. The Morgan fingerprint density at radius 2 is 2.44 bits per heavy atom. The van der Waals surface area contributed by atoms with Gasteiger partial charge in [-0.25, -0.2) is 0 Å². The number of methoxy groups -OCH3 is 1. The molecule has 0 aromatic heterocycles. The van der Waals surface area contributed by atoms with Crippen molar-refractivity contribution in [3.8, 4) is 0 Å². The summed E-state index contributed by atoms with van der Waals surface area (Å²) in [6.45, 7) is 4.47. The summed E-state index contributed by atoms with van der Waals surface area (Å²) in [5.74, 6) is -0.0740. The fraction of sp³-hybridized carbons (Fsp3) is 0.909. The lowest BCUT2D eigenvalue weighted by Gasteiger charge is -2.23. The van der Waals surface area contributed by atoms with Gasteiger partial charge >= 0.3 is 0 Å². The van der Waals surface area contributed by atoms with Crippen LogP contribution in [0.25, 0.3) is 0 Å². The maximum absolute atomic E-state index is 11.5. The van der Waals surface area contributed by atoms with E-state index in [0.717, 1.165) is 25.9 Å². The van der Waals surface area contributed by atoms with Gasteiger partial charge in [-0.2, -0.15) is 0 Å². The Kier molecular flexibility index (Phi) is 6.37. The van der Waals surface area contributed by atoms with Crippen LogP contribution in [0, 0.1) is 0 Å². The molecule has 0 aliphatic carbocycles. The first-order valence-electron chi connectivity index (χ1n) is 5.83. The van der Waals surface area contributed by atoms with Gasteiger partial charge in [0.15, 0.2) is 0 Å². The quantitative estimate of drug-likeness (QED) is 0.669. The van der Waals surface area contributed by atoms with Crippen molar-refractivity contribution < 1.29 is 14.3 Å². The number of hydrogen-bond acceptors (Lipinski definition) is 4. The van der Waals surface area contributed by atoms with Crippen molar-refractivity contribution in [2.75, 3.05) is 33.4 Å². The average molecular weight is 230 g/mol. The summed E-state index contributed by atoms with van der Waals surface area (Å²) in [5.41, 5.74) is 0. The highest BCUT2D eigenvalue weighted by molar-refractivity contribution is 5.77. The molecule has 1 aliphatic heterocycles. The van der Waals surface area contributed by atoms with Crippen molar-refractivity contribution in [2.45, 2.75) is 31.9 Å². The molecule has 0 spiro atoms. The largest absolute Gasteiger partial charge is 0.383 e. The van der Waals surface area contributed by atoms with Gasteiger partial charge in [-0.15, -0.1) is 0 Å². The third kappa shape index (κ3) is 5.44. The summed E-state index contributed by atoms with van der Waals surface area (Å²) < 4.78 is 10.4. The zero-order valence-corrected chi connectivity index (χ0v) is 10.1. The number of carbonyl (C=O) groups is 1. The van der Waals surface area contributed by atoms with Gasteiger partial charge in [-0.3, -0.25) is 4.79 Å². The summed E-state index contributed by atoms with van der Waals surface area (Å²) in [7, 11) is 1.62. The molecule has 1 saturated heterocycles. The molecule has 1 fully saturated rings. The van der Waals surface area contributed by atoms with Crippen LogP contribution in [0.5, 0.6) is 0 Å². The molecule has 0 aromatic rings. The van der Waals surface area contributed by atoms with Gasteiger partial charge in [0, 0.05) is 19.7 Å². The molecular weight excluding hydrogens is 208 g/mol. The summed E-state index contributed by atoms with van der Waals surface area (Å²) in [6.07, 6.45) is 2.33. The topological polar surface area (TPSA) is 59.6 Å². The molecule has 5 nitrogen and oxygen atoms in total. The maximum atomic E-state index is 11.5. The highest BCUT2D eigenvalue weighted by Gasteiger charge is 2.15. The molecule has 16 heavy (non-hydrogen) atoms. The highest BCUT2D eigenvalue weighted by Crippen LogP contribution is 2.05. The molecular formula is C11H22N2O3. The second-order valence-electron chi connectivity index (χ2n) is 4.20. The minimum Gasteiger partial charge on any atom is -0.383 e. The van der Waals surface area contributed by atoms with E-state index in [9.17, 15) is 4.79 Å².